The topological polar surface area (TPSA) is 202 Å². The van der Waals surface area contributed by atoms with Crippen molar-refractivity contribution in [1.82, 2.24) is 29.7 Å². The number of likely N-dealkylation sites (tertiary alicyclic amines) is 1. The molecule has 2 atom stereocenters. The maximum absolute atomic E-state index is 13.5. The number of halogens is 3. The molecule has 0 spiro atoms. The molecule has 1 unspecified atom stereocenters. The smallest absolute Gasteiger partial charge is 0.399 e. The Hall–Kier alpha value is -6.33. The van der Waals surface area contributed by atoms with Crippen molar-refractivity contribution < 1.29 is 37.1 Å². The first-order valence-corrected chi connectivity index (χ1v) is 19.6. The zero-order valence-corrected chi connectivity index (χ0v) is 32.5. The number of nitrogen functional groups attached to an aromatic ring is 1. The number of unbranched alkanes of at least 4 members (excludes halogenated alkanes) is 2. The number of amides is 5. The van der Waals surface area contributed by atoms with Crippen LogP contribution in [0.5, 0.6) is 0 Å². The van der Waals surface area contributed by atoms with E-state index in [0.717, 1.165) is 23.5 Å². The molecule has 4 aromatic rings. The average molecular weight is 816 g/mol. The number of hydrogen-bond donors (Lipinski definition) is 4. The van der Waals surface area contributed by atoms with E-state index in [1.807, 2.05) is 4.90 Å². The average Bonchev–Trinajstić information content (AvgIpc) is 3.46. The minimum absolute atomic E-state index is 0.0189. The summed E-state index contributed by atoms with van der Waals surface area (Å²) in [6.07, 6.45) is 0.372. The number of piperidine rings is 2. The number of anilines is 3. The Morgan fingerprint density at radius 1 is 0.983 bits per heavy atom. The lowest BCUT2D eigenvalue weighted by atomic mass is 9.89. The molecule has 0 aliphatic carbocycles. The van der Waals surface area contributed by atoms with E-state index < -0.39 is 47.5 Å². The Kier molecular flexibility index (Phi) is 11.4. The van der Waals surface area contributed by atoms with E-state index in [-0.39, 0.29) is 47.0 Å². The predicted octanol–water partition coefficient (Wildman–Crippen LogP) is 4.88. The van der Waals surface area contributed by atoms with Crippen molar-refractivity contribution in [2.75, 3.05) is 36.0 Å². The highest BCUT2D eigenvalue weighted by atomic mass is 19.4. The monoisotopic (exact) mass is 815 g/mol. The van der Waals surface area contributed by atoms with Crippen LogP contribution in [0.2, 0.25) is 0 Å². The number of carbonyl (C=O) groups excluding carboxylic acids is 5. The molecule has 15 nitrogen and oxygen atoms in total. The second-order valence-corrected chi connectivity index (χ2v) is 15.2. The summed E-state index contributed by atoms with van der Waals surface area (Å²) in [5.41, 5.74) is 6.81. The zero-order chi connectivity index (χ0) is 42.2. The van der Waals surface area contributed by atoms with Crippen LogP contribution in [0.1, 0.15) is 108 Å². The largest absolute Gasteiger partial charge is 0.416 e. The van der Waals surface area contributed by atoms with E-state index in [2.05, 4.69) is 25.9 Å². The van der Waals surface area contributed by atoms with Gasteiger partial charge in [-0.1, -0.05) is 12.5 Å². The molecule has 3 aliphatic heterocycles. The SMILES string of the molecule is C[C@@H](Nc1ncnc2c1cc(C1CCN(C(=O)CCCCCNc3cccc4c3C(=O)N(C3CCC(=O)NC3=O)C4=O)CC1)c(=O)n2C)c1cc(N)cc(C(F)(F)F)c1. The van der Waals surface area contributed by atoms with Crippen LogP contribution in [0, 0.1) is 0 Å². The number of rotatable bonds is 12. The Labute approximate surface area is 336 Å². The molecule has 0 bridgehead atoms. The number of alkyl halides is 3. The number of aromatic nitrogens is 3. The summed E-state index contributed by atoms with van der Waals surface area (Å²) in [4.78, 5) is 88.6. The van der Waals surface area contributed by atoms with E-state index in [9.17, 15) is 41.9 Å². The van der Waals surface area contributed by atoms with Gasteiger partial charge in [0, 0.05) is 56.5 Å². The van der Waals surface area contributed by atoms with Gasteiger partial charge in [-0.05, 0) is 86.9 Å². The van der Waals surface area contributed by atoms with Gasteiger partial charge in [0.15, 0.2) is 0 Å². The Morgan fingerprint density at radius 3 is 2.47 bits per heavy atom. The van der Waals surface area contributed by atoms with Crippen LogP contribution < -0.4 is 27.2 Å². The summed E-state index contributed by atoms with van der Waals surface area (Å²) in [5.74, 6) is -2.03. The summed E-state index contributed by atoms with van der Waals surface area (Å²) in [5, 5.41) is 9.14. The molecule has 2 aromatic heterocycles. The summed E-state index contributed by atoms with van der Waals surface area (Å²) in [7, 11) is 1.61. The van der Waals surface area contributed by atoms with Crippen LogP contribution in [0.15, 0.2) is 53.6 Å². The van der Waals surface area contributed by atoms with Gasteiger partial charge in [0.05, 0.1) is 28.1 Å². The van der Waals surface area contributed by atoms with Crippen molar-refractivity contribution in [2.45, 2.75) is 82.5 Å². The van der Waals surface area contributed by atoms with Gasteiger partial charge in [-0.2, -0.15) is 13.2 Å². The van der Waals surface area contributed by atoms with Crippen molar-refractivity contribution in [3.8, 4) is 0 Å². The van der Waals surface area contributed by atoms with Crippen molar-refractivity contribution in [1.29, 1.82) is 0 Å². The molecule has 0 saturated carbocycles. The molecule has 5 N–H and O–H groups in total. The number of pyridine rings is 1. The van der Waals surface area contributed by atoms with Gasteiger partial charge in [-0.15, -0.1) is 0 Å². The Balaban J connectivity index is 0.909. The fourth-order valence-corrected chi connectivity index (χ4v) is 8.14. The molecule has 2 fully saturated rings. The van der Waals surface area contributed by atoms with Crippen LogP contribution in [0.3, 0.4) is 0 Å². The number of imide groups is 2. The minimum atomic E-state index is -4.56. The summed E-state index contributed by atoms with van der Waals surface area (Å²) < 4.78 is 41.9. The van der Waals surface area contributed by atoms with Crippen molar-refractivity contribution >= 4 is 57.8 Å². The first-order valence-electron chi connectivity index (χ1n) is 19.6. The van der Waals surface area contributed by atoms with Crippen LogP contribution in [0.4, 0.5) is 30.4 Å². The van der Waals surface area contributed by atoms with Crippen molar-refractivity contribution in [2.24, 2.45) is 7.05 Å². The highest BCUT2D eigenvalue weighted by Gasteiger charge is 2.45. The van der Waals surface area contributed by atoms with E-state index in [4.69, 9.17) is 5.73 Å². The van der Waals surface area contributed by atoms with Crippen molar-refractivity contribution in [3.63, 3.8) is 0 Å². The quantitative estimate of drug-likeness (QED) is 0.0863. The van der Waals surface area contributed by atoms with E-state index in [1.54, 1.807) is 38.2 Å². The molecule has 5 amide bonds. The summed E-state index contributed by atoms with van der Waals surface area (Å²) in [6.45, 7) is 3.12. The normalized spacial score (nSPS) is 17.9. The number of fused-ring (bicyclic) bond motifs is 2. The van der Waals surface area contributed by atoms with Crippen molar-refractivity contribution in [3.05, 3.63) is 87.0 Å². The molecular formula is C41H44F3N9O6. The molecule has 310 valence electrons. The zero-order valence-electron chi connectivity index (χ0n) is 32.5. The van der Waals surface area contributed by atoms with Gasteiger partial charge in [-0.25, -0.2) is 9.97 Å². The van der Waals surface area contributed by atoms with Crippen LogP contribution >= 0.6 is 0 Å². The van der Waals surface area contributed by atoms with Gasteiger partial charge >= 0.3 is 6.18 Å². The van der Waals surface area contributed by atoms with Crippen LogP contribution in [-0.2, 0) is 27.6 Å². The number of nitrogens with two attached hydrogens (primary N) is 1. The fourth-order valence-electron chi connectivity index (χ4n) is 8.14. The lowest BCUT2D eigenvalue weighted by Crippen LogP contribution is -2.54. The second-order valence-electron chi connectivity index (χ2n) is 15.2. The maximum atomic E-state index is 13.5. The number of hydrogen-bond acceptors (Lipinski definition) is 11. The van der Waals surface area contributed by atoms with E-state index >= 15 is 0 Å². The van der Waals surface area contributed by atoms with Gasteiger partial charge in [0.25, 0.3) is 17.4 Å². The first kappa shape index (κ1) is 40.9. The highest BCUT2D eigenvalue weighted by Crippen LogP contribution is 2.36. The predicted molar refractivity (Wildman–Crippen MR) is 211 cm³/mol. The Bertz CT molecular complexity index is 2410. The number of nitrogens with zero attached hydrogens (tertiary/aromatic N) is 5. The molecule has 0 radical (unpaired) electrons. The second kappa shape index (κ2) is 16.5. The molecule has 2 aromatic carbocycles. The molecule has 2 saturated heterocycles. The summed E-state index contributed by atoms with van der Waals surface area (Å²) >= 11 is 0. The molecular weight excluding hydrogens is 772 g/mol. The summed E-state index contributed by atoms with van der Waals surface area (Å²) in [6, 6.07) is 8.37. The molecule has 5 heterocycles. The standard InChI is InChI=1S/C41H44F3N9O6/c1-22(24-17-25(41(42,43)44)19-26(45)18-24)49-35-29-20-28(38(57)51(2)36(29)48-21-47-35)23-12-15-52(16-13-23)33(55)9-4-3-5-14-46-30-8-6-7-27-34(30)40(59)53(39(27)58)31-10-11-32(54)50-37(31)56/h6-8,17-23,31,46H,3-5,9-16,45H2,1-2H3,(H,47,48,49)(H,50,54,56)/t22-,31?/m1/s1. The lowest BCUT2D eigenvalue weighted by molar-refractivity contribution is -0.138. The Morgan fingerprint density at radius 2 is 1.75 bits per heavy atom. The van der Waals surface area contributed by atoms with E-state index in [1.165, 1.54) is 17.0 Å². The third kappa shape index (κ3) is 8.33. The first-order chi connectivity index (χ1) is 28.1. The van der Waals surface area contributed by atoms with Crippen LogP contribution in [-0.4, -0.2) is 79.5 Å². The van der Waals surface area contributed by atoms with Gasteiger partial charge in [0.2, 0.25) is 17.7 Å². The maximum Gasteiger partial charge on any atom is 0.416 e. The number of benzene rings is 2. The molecule has 18 heteroatoms. The number of nitrogens with one attached hydrogen (secondary N) is 3. The number of aryl methyl sites for hydroxylation is 1. The third-order valence-electron chi connectivity index (χ3n) is 11.3. The molecule has 7 rings (SSSR count). The van der Waals surface area contributed by atoms with Gasteiger partial charge in [0.1, 0.15) is 23.8 Å². The van der Waals surface area contributed by atoms with E-state index in [0.29, 0.717) is 85.4 Å². The lowest BCUT2D eigenvalue weighted by Gasteiger charge is -2.32. The van der Waals surface area contributed by atoms with Crippen LogP contribution in [0.25, 0.3) is 11.0 Å². The van der Waals surface area contributed by atoms with Gasteiger partial charge in [-0.3, -0.25) is 43.6 Å². The third-order valence-corrected chi connectivity index (χ3v) is 11.3. The molecule has 59 heavy (non-hydrogen) atoms. The number of carbonyl (C=O) groups is 5. The fraction of sp³-hybridized carbons (Fsp3) is 0.415. The molecule has 3 aliphatic rings. The highest BCUT2D eigenvalue weighted by molar-refractivity contribution is 6.25. The minimum Gasteiger partial charge on any atom is -0.399 e. The van der Waals surface area contributed by atoms with Gasteiger partial charge < -0.3 is 21.3 Å².